The molecule has 0 atom stereocenters. The van der Waals surface area contributed by atoms with Gasteiger partial charge in [0.05, 0.1) is 18.0 Å². The molecule has 0 aliphatic heterocycles. The predicted octanol–water partition coefficient (Wildman–Crippen LogP) is 1.68. The average molecular weight is 193 g/mol. The van der Waals surface area contributed by atoms with Crippen LogP contribution in [0.3, 0.4) is 0 Å². The molecular formula is C10H8FNO2. The number of halogens is 1. The largest absolute Gasteiger partial charge is 0.496 e. The van der Waals surface area contributed by atoms with Gasteiger partial charge in [0.1, 0.15) is 11.6 Å². The molecule has 2 rings (SSSR count). The zero-order valence-electron chi connectivity index (χ0n) is 7.50. The summed E-state index contributed by atoms with van der Waals surface area (Å²) in [6.07, 6.45) is 1.41. The standard InChI is InChI=1S/C10H8FNO2/c1-14-8-3-2-6(11)10-9(8)7(13)4-5-12-10/h2-5H,1H3,(H,12,13). The van der Waals surface area contributed by atoms with Crippen LogP contribution < -0.4 is 10.2 Å². The minimum Gasteiger partial charge on any atom is -0.496 e. The minimum atomic E-state index is -0.460. The SMILES string of the molecule is COc1ccc(F)c2[nH]ccc(=O)c12. The maximum absolute atomic E-state index is 13.3. The van der Waals surface area contributed by atoms with Crippen molar-refractivity contribution in [3.05, 3.63) is 40.4 Å². The van der Waals surface area contributed by atoms with Crippen molar-refractivity contribution in [1.82, 2.24) is 4.98 Å². The number of fused-ring (bicyclic) bond motifs is 1. The number of H-pyrrole nitrogens is 1. The zero-order valence-corrected chi connectivity index (χ0v) is 7.50. The van der Waals surface area contributed by atoms with Crippen molar-refractivity contribution in [2.75, 3.05) is 7.11 Å². The fraction of sp³-hybridized carbons (Fsp3) is 0.100. The van der Waals surface area contributed by atoms with E-state index in [4.69, 9.17) is 4.74 Å². The van der Waals surface area contributed by atoms with Crippen LogP contribution in [-0.4, -0.2) is 12.1 Å². The molecule has 1 heterocycles. The fourth-order valence-electron chi connectivity index (χ4n) is 1.40. The van der Waals surface area contributed by atoms with E-state index in [1.807, 2.05) is 0 Å². The molecule has 0 aliphatic rings. The van der Waals surface area contributed by atoms with E-state index in [-0.39, 0.29) is 16.3 Å². The van der Waals surface area contributed by atoms with Crippen molar-refractivity contribution in [3.63, 3.8) is 0 Å². The van der Waals surface area contributed by atoms with Crippen molar-refractivity contribution in [2.24, 2.45) is 0 Å². The highest BCUT2D eigenvalue weighted by molar-refractivity contribution is 5.85. The van der Waals surface area contributed by atoms with E-state index in [0.29, 0.717) is 5.75 Å². The number of aromatic nitrogens is 1. The van der Waals surface area contributed by atoms with Crippen LogP contribution >= 0.6 is 0 Å². The van der Waals surface area contributed by atoms with Gasteiger partial charge in [0.2, 0.25) is 0 Å². The molecular weight excluding hydrogens is 185 g/mol. The van der Waals surface area contributed by atoms with Crippen LogP contribution in [0, 0.1) is 5.82 Å². The number of ether oxygens (including phenoxy) is 1. The number of hydrogen-bond acceptors (Lipinski definition) is 2. The molecule has 0 bridgehead atoms. The van der Waals surface area contributed by atoms with Gasteiger partial charge in [0.25, 0.3) is 0 Å². The van der Waals surface area contributed by atoms with Crippen LogP contribution in [0.1, 0.15) is 0 Å². The molecule has 1 aromatic carbocycles. The van der Waals surface area contributed by atoms with E-state index < -0.39 is 5.82 Å². The predicted molar refractivity (Wildman–Crippen MR) is 51.1 cm³/mol. The molecule has 1 aromatic heterocycles. The molecule has 3 nitrogen and oxygen atoms in total. The summed E-state index contributed by atoms with van der Waals surface area (Å²) in [4.78, 5) is 14.1. The van der Waals surface area contributed by atoms with Gasteiger partial charge in [0.15, 0.2) is 5.43 Å². The summed E-state index contributed by atoms with van der Waals surface area (Å²) in [5.41, 5.74) is -0.0769. The molecule has 14 heavy (non-hydrogen) atoms. The van der Waals surface area contributed by atoms with Crippen molar-refractivity contribution < 1.29 is 9.13 Å². The Morgan fingerprint density at radius 2 is 2.14 bits per heavy atom. The van der Waals surface area contributed by atoms with Crippen molar-refractivity contribution >= 4 is 10.9 Å². The van der Waals surface area contributed by atoms with E-state index in [9.17, 15) is 9.18 Å². The summed E-state index contributed by atoms with van der Waals surface area (Å²) in [7, 11) is 1.44. The topological polar surface area (TPSA) is 42.1 Å². The Labute approximate surface area is 79.1 Å². The van der Waals surface area contributed by atoms with E-state index in [0.717, 1.165) is 0 Å². The van der Waals surface area contributed by atoms with Gasteiger partial charge in [-0.1, -0.05) is 0 Å². The maximum Gasteiger partial charge on any atom is 0.193 e. The lowest BCUT2D eigenvalue weighted by Gasteiger charge is -2.04. The van der Waals surface area contributed by atoms with Gasteiger partial charge in [-0.15, -0.1) is 0 Å². The summed E-state index contributed by atoms with van der Waals surface area (Å²) < 4.78 is 18.2. The van der Waals surface area contributed by atoms with Gasteiger partial charge < -0.3 is 9.72 Å². The smallest absolute Gasteiger partial charge is 0.193 e. The zero-order chi connectivity index (χ0) is 10.1. The normalized spacial score (nSPS) is 10.4. The molecule has 0 aliphatic carbocycles. The number of rotatable bonds is 1. The summed E-state index contributed by atoms with van der Waals surface area (Å²) in [5, 5.41) is 0.245. The summed E-state index contributed by atoms with van der Waals surface area (Å²) >= 11 is 0. The molecule has 1 N–H and O–H groups in total. The highest BCUT2D eigenvalue weighted by Crippen LogP contribution is 2.22. The van der Waals surface area contributed by atoms with E-state index in [1.165, 1.54) is 31.5 Å². The van der Waals surface area contributed by atoms with Crippen LogP contribution in [0.25, 0.3) is 10.9 Å². The minimum absolute atomic E-state index is 0.178. The van der Waals surface area contributed by atoms with Gasteiger partial charge in [-0.25, -0.2) is 4.39 Å². The van der Waals surface area contributed by atoms with Crippen molar-refractivity contribution in [1.29, 1.82) is 0 Å². The number of aromatic amines is 1. The Morgan fingerprint density at radius 1 is 1.36 bits per heavy atom. The summed E-state index contributed by atoms with van der Waals surface area (Å²) in [6, 6.07) is 4.04. The molecule has 0 unspecified atom stereocenters. The quantitative estimate of drug-likeness (QED) is 0.748. The molecule has 72 valence electrons. The second-order valence-electron chi connectivity index (χ2n) is 2.84. The van der Waals surface area contributed by atoms with Crippen LogP contribution in [0.15, 0.2) is 29.2 Å². The highest BCUT2D eigenvalue weighted by atomic mass is 19.1. The highest BCUT2D eigenvalue weighted by Gasteiger charge is 2.08. The van der Waals surface area contributed by atoms with Gasteiger partial charge in [-0.05, 0) is 12.1 Å². The lowest BCUT2D eigenvalue weighted by molar-refractivity contribution is 0.419. The molecule has 0 fully saturated rings. The summed E-state index contributed by atoms with van der Waals surface area (Å²) in [6.45, 7) is 0. The van der Waals surface area contributed by atoms with Gasteiger partial charge in [-0.3, -0.25) is 4.79 Å². The Morgan fingerprint density at radius 3 is 2.86 bits per heavy atom. The van der Waals surface area contributed by atoms with Crippen LogP contribution in [0.5, 0.6) is 5.75 Å². The second-order valence-corrected chi connectivity index (χ2v) is 2.84. The first kappa shape index (κ1) is 8.74. The van der Waals surface area contributed by atoms with E-state index in [2.05, 4.69) is 4.98 Å². The second kappa shape index (κ2) is 3.14. The Bertz CT molecular complexity index is 533. The first-order valence-electron chi connectivity index (χ1n) is 4.08. The molecule has 4 heteroatoms. The van der Waals surface area contributed by atoms with Crippen LogP contribution in [0.4, 0.5) is 4.39 Å². The third kappa shape index (κ3) is 1.16. The summed E-state index contributed by atoms with van der Waals surface area (Å²) in [5.74, 6) is -0.0817. The number of pyridine rings is 1. The number of methoxy groups -OCH3 is 1. The number of hydrogen-bond donors (Lipinski definition) is 1. The first-order valence-corrected chi connectivity index (χ1v) is 4.08. The first-order chi connectivity index (χ1) is 6.74. The lowest BCUT2D eigenvalue weighted by atomic mass is 10.2. The molecule has 0 spiro atoms. The molecule has 2 aromatic rings. The molecule has 0 amide bonds. The third-order valence-corrected chi connectivity index (χ3v) is 2.04. The number of nitrogens with one attached hydrogen (secondary N) is 1. The van der Waals surface area contributed by atoms with Gasteiger partial charge in [0, 0.05) is 12.3 Å². The Kier molecular flexibility index (Phi) is 1.96. The molecule has 0 saturated heterocycles. The van der Waals surface area contributed by atoms with Gasteiger partial charge >= 0.3 is 0 Å². The maximum atomic E-state index is 13.3. The van der Waals surface area contributed by atoms with E-state index >= 15 is 0 Å². The Balaban J connectivity index is 3.00. The van der Waals surface area contributed by atoms with Crippen molar-refractivity contribution in [3.8, 4) is 5.75 Å². The van der Waals surface area contributed by atoms with Crippen LogP contribution in [-0.2, 0) is 0 Å². The van der Waals surface area contributed by atoms with Crippen molar-refractivity contribution in [2.45, 2.75) is 0 Å². The number of benzene rings is 1. The monoisotopic (exact) mass is 193 g/mol. The lowest BCUT2D eigenvalue weighted by Crippen LogP contribution is -2.03. The third-order valence-electron chi connectivity index (χ3n) is 2.04. The Hall–Kier alpha value is -1.84. The van der Waals surface area contributed by atoms with E-state index in [1.54, 1.807) is 0 Å². The fourth-order valence-corrected chi connectivity index (χ4v) is 1.40. The molecule has 0 radical (unpaired) electrons. The molecule has 0 saturated carbocycles. The van der Waals surface area contributed by atoms with Crippen LogP contribution in [0.2, 0.25) is 0 Å². The average Bonchev–Trinajstić information content (AvgIpc) is 2.20. The van der Waals surface area contributed by atoms with Gasteiger partial charge in [-0.2, -0.15) is 0 Å².